The molecule has 2 aromatic rings. The van der Waals surface area contributed by atoms with Crippen LogP contribution in [0.5, 0.6) is 0 Å². The van der Waals surface area contributed by atoms with Crippen LogP contribution >= 0.6 is 11.8 Å². The fraction of sp³-hybridized carbons (Fsp3) is 0.609. The fourth-order valence-electron chi connectivity index (χ4n) is 4.53. The number of thioether (sulfide) groups is 1. The van der Waals surface area contributed by atoms with Gasteiger partial charge in [0.1, 0.15) is 5.82 Å². The van der Waals surface area contributed by atoms with Crippen molar-refractivity contribution in [2.24, 2.45) is 5.92 Å². The first-order valence-electron chi connectivity index (χ1n) is 11.7. The van der Waals surface area contributed by atoms with Crippen LogP contribution in [0.1, 0.15) is 38.6 Å². The largest absolute Gasteiger partial charge is 0.368 e. The molecule has 1 saturated carbocycles. The first-order chi connectivity index (χ1) is 15.6. The molecule has 0 N–H and O–H groups in total. The maximum absolute atomic E-state index is 13.2. The van der Waals surface area contributed by atoms with Crippen LogP contribution in [0.2, 0.25) is 0 Å². The van der Waals surface area contributed by atoms with Crippen molar-refractivity contribution in [1.29, 1.82) is 0 Å². The van der Waals surface area contributed by atoms with E-state index >= 15 is 0 Å². The minimum Gasteiger partial charge on any atom is -0.368 e. The Morgan fingerprint density at radius 2 is 1.66 bits per heavy atom. The number of hydrogen-bond acceptors (Lipinski definition) is 6. The third-order valence-electron chi connectivity index (χ3n) is 6.77. The fourth-order valence-corrected chi connectivity index (χ4v) is 5.43. The number of carbonyl (C=O) groups excluding carboxylic acids is 1. The van der Waals surface area contributed by atoms with Gasteiger partial charge in [0.15, 0.2) is 5.16 Å². The van der Waals surface area contributed by atoms with E-state index in [2.05, 4.69) is 31.5 Å². The second kappa shape index (κ2) is 9.29. The molecule has 0 spiro atoms. The minimum absolute atomic E-state index is 0.146. The van der Waals surface area contributed by atoms with Crippen LogP contribution in [-0.4, -0.2) is 70.6 Å². The molecule has 3 fully saturated rings. The summed E-state index contributed by atoms with van der Waals surface area (Å²) in [7, 11) is 0. The van der Waals surface area contributed by atoms with Crippen molar-refractivity contribution in [2.75, 3.05) is 54.8 Å². The number of piperazine rings is 1. The Labute approximate surface area is 193 Å². The van der Waals surface area contributed by atoms with Gasteiger partial charge in [0.05, 0.1) is 5.75 Å². The number of hydrogen-bond donors (Lipinski definition) is 0. The summed E-state index contributed by atoms with van der Waals surface area (Å²) in [6, 6.07) is 7.05. The van der Waals surface area contributed by atoms with E-state index in [-0.39, 0.29) is 11.7 Å². The maximum atomic E-state index is 13.2. The second-order valence-corrected chi connectivity index (χ2v) is 10.1. The quantitative estimate of drug-likeness (QED) is 0.619. The molecule has 7 nitrogen and oxygen atoms in total. The van der Waals surface area contributed by atoms with Crippen LogP contribution in [0, 0.1) is 11.7 Å². The molecule has 2 aliphatic heterocycles. The summed E-state index contributed by atoms with van der Waals surface area (Å²) in [6.07, 6.45) is 4.73. The van der Waals surface area contributed by atoms with Gasteiger partial charge >= 0.3 is 0 Å². The zero-order chi connectivity index (χ0) is 22.1. The first-order valence-corrected chi connectivity index (χ1v) is 12.7. The Kier molecular flexibility index (Phi) is 6.26. The number of carbonyl (C=O) groups is 1. The van der Waals surface area contributed by atoms with Gasteiger partial charge in [0, 0.05) is 51.0 Å². The summed E-state index contributed by atoms with van der Waals surface area (Å²) in [6.45, 7) is 7.28. The van der Waals surface area contributed by atoms with Crippen LogP contribution in [0.15, 0.2) is 29.4 Å². The number of anilines is 2. The number of rotatable bonds is 6. The van der Waals surface area contributed by atoms with E-state index < -0.39 is 0 Å². The molecule has 32 heavy (non-hydrogen) atoms. The summed E-state index contributed by atoms with van der Waals surface area (Å²) in [5.74, 6) is 2.07. The normalized spacial score (nSPS) is 20.1. The summed E-state index contributed by atoms with van der Waals surface area (Å²) in [5, 5.41) is 9.87. The summed E-state index contributed by atoms with van der Waals surface area (Å²) >= 11 is 1.52. The van der Waals surface area contributed by atoms with Crippen molar-refractivity contribution < 1.29 is 9.18 Å². The minimum atomic E-state index is -0.225. The van der Waals surface area contributed by atoms with Crippen molar-refractivity contribution in [2.45, 2.75) is 43.8 Å². The smallest absolute Gasteiger partial charge is 0.233 e. The van der Waals surface area contributed by atoms with Crippen LogP contribution in [0.3, 0.4) is 0 Å². The van der Waals surface area contributed by atoms with Gasteiger partial charge in [-0.05, 0) is 55.9 Å². The van der Waals surface area contributed by atoms with Crippen molar-refractivity contribution in [1.82, 2.24) is 19.7 Å². The molecule has 3 heterocycles. The van der Waals surface area contributed by atoms with Gasteiger partial charge < -0.3 is 14.7 Å². The van der Waals surface area contributed by atoms with E-state index in [0.29, 0.717) is 24.9 Å². The van der Waals surface area contributed by atoms with Crippen LogP contribution in [0.4, 0.5) is 16.0 Å². The SMILES string of the molecule is CC1CCN(c2nnc(SCC(=O)N3CCN(c4ccc(F)cc4)CC3)n2C2CC2)CC1. The van der Waals surface area contributed by atoms with Crippen molar-refractivity contribution >= 4 is 29.3 Å². The average molecular weight is 459 g/mol. The van der Waals surface area contributed by atoms with Crippen LogP contribution in [-0.2, 0) is 4.79 Å². The molecule has 1 aliphatic carbocycles. The first kappa shape index (κ1) is 21.6. The average Bonchev–Trinajstić information content (AvgIpc) is 3.57. The number of benzene rings is 1. The van der Waals surface area contributed by atoms with Gasteiger partial charge in [-0.2, -0.15) is 0 Å². The van der Waals surface area contributed by atoms with E-state index in [1.54, 1.807) is 12.1 Å². The van der Waals surface area contributed by atoms with E-state index in [9.17, 15) is 9.18 Å². The predicted molar refractivity (Wildman–Crippen MR) is 125 cm³/mol. The predicted octanol–water partition coefficient (Wildman–Crippen LogP) is 3.43. The standard InChI is InChI=1S/C23H31FN6OS/c1-17-8-10-29(11-9-17)22-25-26-23(30(22)20-6-7-20)32-16-21(31)28-14-12-27(13-15-28)19-4-2-18(24)3-5-19/h2-5,17,20H,6-16H2,1H3. The van der Waals surface area contributed by atoms with Crippen molar-refractivity contribution in [3.05, 3.63) is 30.1 Å². The number of aromatic nitrogens is 3. The zero-order valence-electron chi connectivity index (χ0n) is 18.6. The Morgan fingerprint density at radius 3 is 2.31 bits per heavy atom. The van der Waals surface area contributed by atoms with E-state index in [1.807, 2.05) is 4.90 Å². The van der Waals surface area contributed by atoms with Crippen LogP contribution < -0.4 is 9.80 Å². The second-order valence-electron chi connectivity index (χ2n) is 9.19. The van der Waals surface area contributed by atoms with Gasteiger partial charge in [-0.1, -0.05) is 18.7 Å². The highest BCUT2D eigenvalue weighted by Crippen LogP contribution is 2.41. The number of piperidine rings is 1. The third-order valence-corrected chi connectivity index (χ3v) is 7.70. The summed E-state index contributed by atoms with van der Waals surface area (Å²) < 4.78 is 15.4. The molecule has 2 saturated heterocycles. The molecular formula is C23H31FN6OS. The monoisotopic (exact) mass is 458 g/mol. The number of nitrogens with zero attached hydrogens (tertiary/aromatic N) is 6. The van der Waals surface area contributed by atoms with Gasteiger partial charge in [-0.15, -0.1) is 10.2 Å². The molecule has 1 amide bonds. The molecule has 0 atom stereocenters. The topological polar surface area (TPSA) is 57.5 Å². The Morgan fingerprint density at radius 1 is 0.969 bits per heavy atom. The lowest BCUT2D eigenvalue weighted by molar-refractivity contribution is -0.128. The molecule has 0 bridgehead atoms. The molecule has 5 rings (SSSR count). The Bertz CT molecular complexity index is 930. The number of amides is 1. The summed E-state index contributed by atoms with van der Waals surface area (Å²) in [5.41, 5.74) is 1.00. The lowest BCUT2D eigenvalue weighted by Crippen LogP contribution is -2.49. The lowest BCUT2D eigenvalue weighted by atomic mass is 10.00. The van der Waals surface area contributed by atoms with Gasteiger partial charge in [-0.3, -0.25) is 9.36 Å². The Hall–Kier alpha value is -2.29. The highest BCUT2D eigenvalue weighted by atomic mass is 32.2. The molecular weight excluding hydrogens is 427 g/mol. The lowest BCUT2D eigenvalue weighted by Gasteiger charge is -2.36. The molecule has 0 unspecified atom stereocenters. The Balaban J connectivity index is 1.16. The zero-order valence-corrected chi connectivity index (χ0v) is 19.4. The van der Waals surface area contributed by atoms with E-state index in [4.69, 9.17) is 0 Å². The summed E-state index contributed by atoms with van der Waals surface area (Å²) in [4.78, 5) is 19.4. The van der Waals surface area contributed by atoms with Crippen molar-refractivity contribution in [3.63, 3.8) is 0 Å². The highest BCUT2D eigenvalue weighted by molar-refractivity contribution is 7.99. The third kappa shape index (κ3) is 4.72. The maximum Gasteiger partial charge on any atom is 0.233 e. The van der Waals surface area contributed by atoms with E-state index in [1.165, 1.54) is 49.6 Å². The molecule has 1 aromatic heterocycles. The molecule has 9 heteroatoms. The molecule has 1 aromatic carbocycles. The van der Waals surface area contributed by atoms with E-state index in [0.717, 1.165) is 48.9 Å². The molecule has 0 radical (unpaired) electrons. The highest BCUT2D eigenvalue weighted by Gasteiger charge is 2.33. The van der Waals surface area contributed by atoms with Crippen molar-refractivity contribution in [3.8, 4) is 0 Å². The molecule has 172 valence electrons. The number of halogens is 1. The van der Waals surface area contributed by atoms with Gasteiger partial charge in [0.2, 0.25) is 11.9 Å². The molecule has 3 aliphatic rings. The van der Waals surface area contributed by atoms with Crippen LogP contribution in [0.25, 0.3) is 0 Å². The van der Waals surface area contributed by atoms with Gasteiger partial charge in [0.25, 0.3) is 0 Å². The van der Waals surface area contributed by atoms with Gasteiger partial charge in [-0.25, -0.2) is 4.39 Å².